The number of amides is 2. The molecule has 2 amide bonds. The Labute approximate surface area is 117 Å². The number of imide groups is 1. The van der Waals surface area contributed by atoms with E-state index in [1.165, 1.54) is 0 Å². The predicted molar refractivity (Wildman–Crippen MR) is 76.0 cm³/mol. The summed E-state index contributed by atoms with van der Waals surface area (Å²) in [5.74, 6) is -0.427. The van der Waals surface area contributed by atoms with Crippen LogP contribution in [0.15, 0.2) is 60.7 Å². The van der Waals surface area contributed by atoms with Gasteiger partial charge in [0.15, 0.2) is 0 Å². The fourth-order valence-electron chi connectivity index (χ4n) is 2.87. The van der Waals surface area contributed by atoms with Gasteiger partial charge in [-0.25, -0.2) is 0 Å². The Morgan fingerprint density at radius 3 is 1.75 bits per heavy atom. The van der Waals surface area contributed by atoms with Gasteiger partial charge in [-0.2, -0.15) is 0 Å². The molecule has 3 nitrogen and oxygen atoms in total. The highest BCUT2D eigenvalue weighted by Gasteiger charge is 2.45. The van der Waals surface area contributed by atoms with Gasteiger partial charge in [-0.05, 0) is 17.5 Å². The van der Waals surface area contributed by atoms with E-state index < -0.39 is 5.41 Å². The molecule has 1 aliphatic heterocycles. The second kappa shape index (κ2) is 4.93. The number of benzene rings is 2. The van der Waals surface area contributed by atoms with Crippen LogP contribution in [0.25, 0.3) is 0 Å². The molecular weight excluding hydrogens is 250 g/mol. The van der Waals surface area contributed by atoms with E-state index in [1.807, 2.05) is 60.7 Å². The largest absolute Gasteiger partial charge is 0.295 e. The first-order chi connectivity index (χ1) is 9.73. The molecule has 0 saturated carbocycles. The molecule has 100 valence electrons. The number of rotatable bonds is 2. The van der Waals surface area contributed by atoms with E-state index in [2.05, 4.69) is 5.32 Å². The average molecular weight is 265 g/mol. The number of carbonyl (C=O) groups is 2. The predicted octanol–water partition coefficient (Wildman–Crippen LogP) is 2.41. The summed E-state index contributed by atoms with van der Waals surface area (Å²) >= 11 is 0. The second-order valence-corrected chi connectivity index (χ2v) is 5.01. The standard InChI is InChI=1S/C17H15NO2/c19-15-11-12-17(16(20)18-15,13-7-3-1-4-8-13)14-9-5-2-6-10-14/h1-10H,11-12H2,(H,18,19,20). The van der Waals surface area contributed by atoms with Crippen molar-refractivity contribution in [3.8, 4) is 0 Å². The van der Waals surface area contributed by atoms with Crippen molar-refractivity contribution in [1.29, 1.82) is 0 Å². The Morgan fingerprint density at radius 1 is 0.800 bits per heavy atom. The average Bonchev–Trinajstić information content (AvgIpc) is 2.50. The smallest absolute Gasteiger partial charge is 0.241 e. The molecule has 0 atom stereocenters. The first kappa shape index (κ1) is 12.6. The number of hydrogen-bond donors (Lipinski definition) is 1. The number of piperidine rings is 1. The number of hydrogen-bond acceptors (Lipinski definition) is 2. The molecule has 0 spiro atoms. The van der Waals surface area contributed by atoms with Crippen LogP contribution in [0.3, 0.4) is 0 Å². The fraction of sp³-hybridized carbons (Fsp3) is 0.176. The molecule has 20 heavy (non-hydrogen) atoms. The first-order valence-corrected chi connectivity index (χ1v) is 6.69. The Hall–Kier alpha value is -2.42. The second-order valence-electron chi connectivity index (χ2n) is 5.01. The molecule has 0 bridgehead atoms. The van der Waals surface area contributed by atoms with E-state index in [4.69, 9.17) is 0 Å². The van der Waals surface area contributed by atoms with Crippen LogP contribution in [0.4, 0.5) is 0 Å². The first-order valence-electron chi connectivity index (χ1n) is 6.69. The number of carbonyl (C=O) groups excluding carboxylic acids is 2. The molecule has 3 rings (SSSR count). The molecular formula is C17H15NO2. The highest BCUT2D eigenvalue weighted by atomic mass is 16.2. The molecule has 0 radical (unpaired) electrons. The van der Waals surface area contributed by atoms with Crippen LogP contribution in [0.5, 0.6) is 0 Å². The van der Waals surface area contributed by atoms with Crippen LogP contribution in [0, 0.1) is 0 Å². The van der Waals surface area contributed by atoms with Crippen LogP contribution in [0.2, 0.25) is 0 Å². The van der Waals surface area contributed by atoms with Gasteiger partial charge in [0.05, 0.1) is 5.41 Å². The lowest BCUT2D eigenvalue weighted by molar-refractivity contribution is -0.136. The van der Waals surface area contributed by atoms with Crippen molar-refractivity contribution in [3.63, 3.8) is 0 Å². The molecule has 1 saturated heterocycles. The van der Waals surface area contributed by atoms with Crippen LogP contribution in [-0.4, -0.2) is 11.8 Å². The van der Waals surface area contributed by atoms with E-state index in [1.54, 1.807) is 0 Å². The lowest BCUT2D eigenvalue weighted by Crippen LogP contribution is -2.52. The van der Waals surface area contributed by atoms with Crippen molar-refractivity contribution in [2.24, 2.45) is 0 Å². The van der Waals surface area contributed by atoms with Gasteiger partial charge in [-0.1, -0.05) is 60.7 Å². The Balaban J connectivity index is 2.18. The zero-order chi connectivity index (χ0) is 14.0. The van der Waals surface area contributed by atoms with Crippen LogP contribution >= 0.6 is 0 Å². The third kappa shape index (κ3) is 1.92. The maximum atomic E-state index is 12.6. The Morgan fingerprint density at radius 2 is 1.30 bits per heavy atom. The van der Waals surface area contributed by atoms with E-state index in [-0.39, 0.29) is 11.8 Å². The summed E-state index contributed by atoms with van der Waals surface area (Å²) in [6.45, 7) is 0. The van der Waals surface area contributed by atoms with Crippen molar-refractivity contribution in [2.45, 2.75) is 18.3 Å². The lowest BCUT2D eigenvalue weighted by Gasteiger charge is -2.36. The highest BCUT2D eigenvalue weighted by Crippen LogP contribution is 2.38. The van der Waals surface area contributed by atoms with Gasteiger partial charge in [-0.3, -0.25) is 14.9 Å². The molecule has 0 unspecified atom stereocenters. The summed E-state index contributed by atoms with van der Waals surface area (Å²) in [7, 11) is 0. The summed E-state index contributed by atoms with van der Waals surface area (Å²) < 4.78 is 0. The molecule has 1 fully saturated rings. The van der Waals surface area contributed by atoms with E-state index in [0.29, 0.717) is 12.8 Å². The molecule has 0 aromatic heterocycles. The SMILES string of the molecule is O=C1CCC(c2ccccc2)(c2ccccc2)C(=O)N1. The zero-order valence-corrected chi connectivity index (χ0v) is 11.0. The normalized spacial score (nSPS) is 17.6. The van der Waals surface area contributed by atoms with E-state index in [0.717, 1.165) is 11.1 Å². The van der Waals surface area contributed by atoms with Crippen molar-refractivity contribution in [1.82, 2.24) is 5.32 Å². The molecule has 1 heterocycles. The molecule has 2 aromatic carbocycles. The van der Waals surface area contributed by atoms with Crippen LogP contribution in [-0.2, 0) is 15.0 Å². The minimum absolute atomic E-state index is 0.197. The monoisotopic (exact) mass is 265 g/mol. The summed E-state index contributed by atoms with van der Waals surface area (Å²) in [4.78, 5) is 24.1. The maximum absolute atomic E-state index is 12.6. The van der Waals surface area contributed by atoms with E-state index >= 15 is 0 Å². The summed E-state index contributed by atoms with van der Waals surface area (Å²) in [5, 5.41) is 2.49. The quantitative estimate of drug-likeness (QED) is 0.848. The molecule has 2 aromatic rings. The van der Waals surface area contributed by atoms with Gasteiger partial charge in [0, 0.05) is 6.42 Å². The maximum Gasteiger partial charge on any atom is 0.241 e. The van der Waals surface area contributed by atoms with Crippen molar-refractivity contribution in [3.05, 3.63) is 71.8 Å². The van der Waals surface area contributed by atoms with Gasteiger partial charge in [-0.15, -0.1) is 0 Å². The van der Waals surface area contributed by atoms with Crippen molar-refractivity contribution >= 4 is 11.8 Å². The molecule has 0 aliphatic carbocycles. The van der Waals surface area contributed by atoms with Gasteiger partial charge in [0.1, 0.15) is 0 Å². The van der Waals surface area contributed by atoms with Crippen LogP contribution < -0.4 is 5.32 Å². The summed E-state index contributed by atoms with van der Waals surface area (Å²) in [5.41, 5.74) is 1.09. The third-order valence-electron chi connectivity index (χ3n) is 3.90. The number of nitrogens with one attached hydrogen (secondary N) is 1. The van der Waals surface area contributed by atoms with Gasteiger partial charge >= 0.3 is 0 Å². The molecule has 1 N–H and O–H groups in total. The fourth-order valence-corrected chi connectivity index (χ4v) is 2.87. The van der Waals surface area contributed by atoms with Gasteiger partial charge in [0.25, 0.3) is 0 Å². The lowest BCUT2D eigenvalue weighted by atomic mass is 9.69. The van der Waals surface area contributed by atoms with Gasteiger partial charge in [0.2, 0.25) is 11.8 Å². The van der Waals surface area contributed by atoms with Crippen molar-refractivity contribution in [2.75, 3.05) is 0 Å². The summed E-state index contributed by atoms with van der Waals surface area (Å²) in [6.07, 6.45) is 0.862. The van der Waals surface area contributed by atoms with Crippen LogP contribution in [0.1, 0.15) is 24.0 Å². The molecule has 1 aliphatic rings. The Bertz CT molecular complexity index is 595. The van der Waals surface area contributed by atoms with Crippen molar-refractivity contribution < 1.29 is 9.59 Å². The minimum Gasteiger partial charge on any atom is -0.295 e. The molecule has 3 heteroatoms. The van der Waals surface area contributed by atoms with E-state index in [9.17, 15) is 9.59 Å². The summed E-state index contributed by atoms with van der Waals surface area (Å²) in [6, 6.07) is 19.3. The van der Waals surface area contributed by atoms with Gasteiger partial charge < -0.3 is 0 Å². The minimum atomic E-state index is -0.767. The topological polar surface area (TPSA) is 46.2 Å². The third-order valence-corrected chi connectivity index (χ3v) is 3.90. The Kier molecular flexibility index (Phi) is 3.11. The zero-order valence-electron chi connectivity index (χ0n) is 11.0. The highest BCUT2D eigenvalue weighted by molar-refractivity contribution is 6.05.